The van der Waals surface area contributed by atoms with E-state index in [2.05, 4.69) is 9.47 Å². The molecule has 14 heavy (non-hydrogen) atoms. The second-order valence-corrected chi connectivity index (χ2v) is 2.58. The van der Waals surface area contributed by atoms with Crippen LogP contribution in [-0.2, 0) is 9.47 Å². The first kappa shape index (κ1) is 10.4. The summed E-state index contributed by atoms with van der Waals surface area (Å²) in [4.78, 5) is 22.4. The van der Waals surface area contributed by atoms with E-state index in [1.165, 1.54) is 24.2 Å². The van der Waals surface area contributed by atoms with Crippen molar-refractivity contribution < 1.29 is 19.1 Å². The summed E-state index contributed by atoms with van der Waals surface area (Å²) in [6, 6.07) is 0. The maximum atomic E-state index is 11.2. The molecule has 6 nitrogen and oxygen atoms in total. The summed E-state index contributed by atoms with van der Waals surface area (Å²) in [5, 5.41) is 2.34. The average Bonchev–Trinajstić information content (AvgIpc) is 2.27. The van der Waals surface area contributed by atoms with Crippen LogP contribution in [0.5, 0.6) is 0 Å². The number of nitrogens with zero attached hydrogens (tertiary/aromatic N) is 2. The van der Waals surface area contributed by atoms with Crippen LogP contribution in [0.4, 0.5) is 9.59 Å². The molecular formula is C8H12N2O4. The molecule has 0 saturated carbocycles. The zero-order valence-corrected chi connectivity index (χ0v) is 8.10. The third-order valence-electron chi connectivity index (χ3n) is 1.79. The molecule has 0 atom stereocenters. The van der Waals surface area contributed by atoms with E-state index in [-0.39, 0.29) is 0 Å². The van der Waals surface area contributed by atoms with Crippen molar-refractivity contribution in [2.24, 2.45) is 0 Å². The third-order valence-corrected chi connectivity index (χ3v) is 1.79. The van der Waals surface area contributed by atoms with Crippen molar-refractivity contribution in [2.45, 2.75) is 0 Å². The summed E-state index contributed by atoms with van der Waals surface area (Å²) in [7, 11) is 2.52. The first-order chi connectivity index (χ1) is 6.70. The van der Waals surface area contributed by atoms with Gasteiger partial charge in [-0.05, 0) is 0 Å². The molecule has 1 aliphatic heterocycles. The lowest BCUT2D eigenvalue weighted by Crippen LogP contribution is -2.51. The highest BCUT2D eigenvalue weighted by Crippen LogP contribution is 2.08. The van der Waals surface area contributed by atoms with E-state index < -0.39 is 12.2 Å². The standard InChI is InChI=1S/C8H12N2O4/c1-13-7(11)9-5-3-4-6-10(9)8(12)14-2/h3-4H,5-6H2,1-2H3. The fourth-order valence-corrected chi connectivity index (χ4v) is 1.10. The minimum atomic E-state index is -0.584. The number of hydrazine groups is 1. The lowest BCUT2D eigenvalue weighted by Gasteiger charge is -2.33. The van der Waals surface area contributed by atoms with Gasteiger partial charge in [-0.1, -0.05) is 12.2 Å². The van der Waals surface area contributed by atoms with Crippen LogP contribution >= 0.6 is 0 Å². The number of hydrogen-bond donors (Lipinski definition) is 0. The number of carbonyl (C=O) groups is 2. The van der Waals surface area contributed by atoms with Crippen LogP contribution in [-0.4, -0.2) is 49.5 Å². The molecule has 1 heterocycles. The Labute approximate surface area is 81.6 Å². The van der Waals surface area contributed by atoms with E-state index in [9.17, 15) is 9.59 Å². The van der Waals surface area contributed by atoms with Gasteiger partial charge in [0.25, 0.3) is 0 Å². The summed E-state index contributed by atoms with van der Waals surface area (Å²) in [5.74, 6) is 0. The van der Waals surface area contributed by atoms with Crippen molar-refractivity contribution in [1.29, 1.82) is 0 Å². The lowest BCUT2D eigenvalue weighted by molar-refractivity contribution is -0.00187. The molecule has 0 aromatic rings. The predicted molar refractivity (Wildman–Crippen MR) is 47.4 cm³/mol. The van der Waals surface area contributed by atoms with Crippen LogP contribution in [0.3, 0.4) is 0 Å². The van der Waals surface area contributed by atoms with Crippen molar-refractivity contribution in [1.82, 2.24) is 10.0 Å². The number of methoxy groups -OCH3 is 2. The van der Waals surface area contributed by atoms with Gasteiger partial charge in [0.1, 0.15) is 0 Å². The summed E-state index contributed by atoms with van der Waals surface area (Å²) >= 11 is 0. The normalized spacial score (nSPS) is 15.3. The van der Waals surface area contributed by atoms with Crippen LogP contribution < -0.4 is 0 Å². The first-order valence-corrected chi connectivity index (χ1v) is 4.06. The highest BCUT2D eigenvalue weighted by Gasteiger charge is 2.27. The molecule has 0 N–H and O–H groups in total. The highest BCUT2D eigenvalue weighted by molar-refractivity contribution is 5.74. The van der Waals surface area contributed by atoms with Crippen LogP contribution in [0.2, 0.25) is 0 Å². The molecule has 1 aliphatic rings. The first-order valence-electron chi connectivity index (χ1n) is 4.06. The van der Waals surface area contributed by atoms with Crippen molar-refractivity contribution in [3.63, 3.8) is 0 Å². The summed E-state index contributed by atoms with van der Waals surface area (Å²) in [6.45, 7) is 0.615. The molecule has 78 valence electrons. The van der Waals surface area contributed by atoms with E-state index in [0.29, 0.717) is 13.1 Å². The molecule has 0 aromatic carbocycles. The number of rotatable bonds is 0. The minimum absolute atomic E-state index is 0.307. The second kappa shape index (κ2) is 4.50. The molecule has 0 radical (unpaired) electrons. The molecule has 0 saturated heterocycles. The SMILES string of the molecule is COC(=O)N1CC=CCN1C(=O)OC. The largest absolute Gasteiger partial charge is 0.452 e. The molecule has 6 heteroatoms. The van der Waals surface area contributed by atoms with Crippen molar-refractivity contribution >= 4 is 12.2 Å². The smallest absolute Gasteiger partial charge is 0.428 e. The summed E-state index contributed by atoms with van der Waals surface area (Å²) < 4.78 is 9.04. The lowest BCUT2D eigenvalue weighted by atomic mass is 10.4. The van der Waals surface area contributed by atoms with Crippen LogP contribution in [0.1, 0.15) is 0 Å². The third kappa shape index (κ3) is 1.95. The zero-order valence-electron chi connectivity index (χ0n) is 8.10. The fourth-order valence-electron chi connectivity index (χ4n) is 1.10. The summed E-state index contributed by atoms with van der Waals surface area (Å²) in [6.07, 6.45) is 2.38. The van der Waals surface area contributed by atoms with Gasteiger partial charge in [0.15, 0.2) is 0 Å². The Kier molecular flexibility index (Phi) is 3.33. The Balaban J connectivity index is 2.75. The van der Waals surface area contributed by atoms with Gasteiger partial charge in [0.2, 0.25) is 0 Å². The topological polar surface area (TPSA) is 59.1 Å². The van der Waals surface area contributed by atoms with Gasteiger partial charge in [-0.2, -0.15) is 0 Å². The Morgan fingerprint density at radius 1 is 1.00 bits per heavy atom. The highest BCUT2D eigenvalue weighted by atomic mass is 16.6. The Bertz CT molecular complexity index is 238. The number of amides is 2. The van der Waals surface area contributed by atoms with Gasteiger partial charge in [-0.15, -0.1) is 0 Å². The molecule has 0 bridgehead atoms. The molecule has 0 aliphatic carbocycles. The molecule has 0 fully saturated rings. The van der Waals surface area contributed by atoms with Gasteiger partial charge in [0.05, 0.1) is 27.3 Å². The quantitative estimate of drug-likeness (QED) is 0.537. The number of carbonyl (C=O) groups excluding carboxylic acids is 2. The maximum absolute atomic E-state index is 11.2. The molecule has 2 amide bonds. The second-order valence-electron chi connectivity index (χ2n) is 2.58. The van der Waals surface area contributed by atoms with Crippen LogP contribution in [0, 0.1) is 0 Å². The molecule has 0 unspecified atom stereocenters. The summed E-state index contributed by atoms with van der Waals surface area (Å²) in [5.41, 5.74) is 0. The predicted octanol–water partition coefficient (Wildman–Crippen LogP) is 0.608. The van der Waals surface area contributed by atoms with E-state index in [1.807, 2.05) is 0 Å². The van der Waals surface area contributed by atoms with Gasteiger partial charge in [-0.3, -0.25) is 0 Å². The van der Waals surface area contributed by atoms with Gasteiger partial charge >= 0.3 is 12.2 Å². The van der Waals surface area contributed by atoms with Gasteiger partial charge in [0, 0.05) is 0 Å². The Morgan fingerprint density at radius 3 is 1.64 bits per heavy atom. The van der Waals surface area contributed by atoms with E-state index in [1.54, 1.807) is 12.2 Å². The van der Waals surface area contributed by atoms with Gasteiger partial charge in [-0.25, -0.2) is 19.6 Å². The number of hydrogen-bond acceptors (Lipinski definition) is 4. The van der Waals surface area contributed by atoms with Crippen molar-refractivity contribution in [3.8, 4) is 0 Å². The molecule has 0 spiro atoms. The molecular weight excluding hydrogens is 188 g/mol. The van der Waals surface area contributed by atoms with Crippen molar-refractivity contribution in [2.75, 3.05) is 27.3 Å². The molecule has 0 aromatic heterocycles. The zero-order chi connectivity index (χ0) is 10.6. The van der Waals surface area contributed by atoms with E-state index in [0.717, 1.165) is 0 Å². The number of ether oxygens (including phenoxy) is 2. The Hall–Kier alpha value is -1.72. The fraction of sp³-hybridized carbons (Fsp3) is 0.500. The molecule has 1 rings (SSSR count). The van der Waals surface area contributed by atoms with E-state index in [4.69, 9.17) is 0 Å². The average molecular weight is 200 g/mol. The van der Waals surface area contributed by atoms with Gasteiger partial charge < -0.3 is 9.47 Å². The van der Waals surface area contributed by atoms with Crippen molar-refractivity contribution in [3.05, 3.63) is 12.2 Å². The van der Waals surface area contributed by atoms with Crippen LogP contribution in [0.15, 0.2) is 12.2 Å². The van der Waals surface area contributed by atoms with E-state index >= 15 is 0 Å². The maximum Gasteiger partial charge on any atom is 0.428 e. The van der Waals surface area contributed by atoms with Crippen LogP contribution in [0.25, 0.3) is 0 Å². The Morgan fingerprint density at radius 2 is 1.36 bits per heavy atom. The monoisotopic (exact) mass is 200 g/mol. The minimum Gasteiger partial charge on any atom is -0.452 e.